The molecule has 0 fully saturated rings. The van der Waals surface area contributed by atoms with Gasteiger partial charge in [0.25, 0.3) is 0 Å². The molecule has 9 heteroatoms. The van der Waals surface area contributed by atoms with Gasteiger partial charge >= 0.3 is 6.18 Å². The van der Waals surface area contributed by atoms with E-state index in [-0.39, 0.29) is 11.4 Å². The van der Waals surface area contributed by atoms with Crippen LogP contribution >= 0.6 is 0 Å². The van der Waals surface area contributed by atoms with Gasteiger partial charge in [0, 0.05) is 42.2 Å². The maximum Gasteiger partial charge on any atom is 0.417 e. The van der Waals surface area contributed by atoms with Crippen molar-refractivity contribution in [2.45, 2.75) is 19.0 Å². The van der Waals surface area contributed by atoms with Crippen LogP contribution in [0.15, 0.2) is 73.6 Å². The fraction of sp³-hybridized carbons (Fsp3) is 0.136. The molecule has 0 amide bonds. The Kier molecular flexibility index (Phi) is 5.83. The Bertz CT molecular complexity index is 1170. The Morgan fingerprint density at radius 3 is 2.55 bits per heavy atom. The Hall–Kier alpha value is -3.88. The highest BCUT2D eigenvalue weighted by Crippen LogP contribution is 2.30. The van der Waals surface area contributed by atoms with Crippen LogP contribution in [0.3, 0.4) is 0 Å². The summed E-state index contributed by atoms with van der Waals surface area (Å²) < 4.78 is 44.5. The predicted octanol–water partition coefficient (Wildman–Crippen LogP) is 4.92. The van der Waals surface area contributed by atoms with E-state index < -0.39 is 11.7 Å². The molecule has 0 unspecified atom stereocenters. The monoisotopic (exact) mass is 423 g/mol. The van der Waals surface area contributed by atoms with Crippen LogP contribution in [0.25, 0.3) is 11.4 Å². The molecule has 0 atom stereocenters. The Morgan fingerprint density at radius 2 is 1.74 bits per heavy atom. The van der Waals surface area contributed by atoms with Crippen molar-refractivity contribution in [1.82, 2.24) is 24.9 Å². The van der Waals surface area contributed by atoms with Crippen molar-refractivity contribution in [1.29, 1.82) is 0 Å². The van der Waals surface area contributed by atoms with E-state index in [2.05, 4.69) is 24.9 Å². The van der Waals surface area contributed by atoms with E-state index in [0.717, 1.165) is 17.8 Å². The average Bonchev–Trinajstić information content (AvgIpc) is 2.78. The maximum absolute atomic E-state index is 12.9. The topological polar surface area (TPSA) is 73.7 Å². The van der Waals surface area contributed by atoms with Gasteiger partial charge in [0.1, 0.15) is 5.75 Å². The molecule has 3 heterocycles. The van der Waals surface area contributed by atoms with Gasteiger partial charge in [-0.3, -0.25) is 9.97 Å². The highest BCUT2D eigenvalue weighted by Gasteiger charge is 2.31. The summed E-state index contributed by atoms with van der Waals surface area (Å²) in [5, 5.41) is 0. The fourth-order valence-corrected chi connectivity index (χ4v) is 2.89. The molecule has 156 valence electrons. The molecule has 0 aliphatic rings. The van der Waals surface area contributed by atoms with E-state index in [1.165, 1.54) is 18.6 Å². The lowest BCUT2D eigenvalue weighted by atomic mass is 10.1. The second-order valence-electron chi connectivity index (χ2n) is 6.62. The summed E-state index contributed by atoms with van der Waals surface area (Å²) in [6.45, 7) is 0. The molecule has 3 aromatic heterocycles. The molecule has 0 spiro atoms. The predicted molar refractivity (Wildman–Crippen MR) is 106 cm³/mol. The van der Waals surface area contributed by atoms with Crippen LogP contribution in [-0.2, 0) is 19.0 Å². The molecule has 0 saturated carbocycles. The number of hydrogen-bond acceptors (Lipinski definition) is 6. The molecule has 6 nitrogen and oxygen atoms in total. The highest BCUT2D eigenvalue weighted by molar-refractivity contribution is 5.54. The number of pyridine rings is 1. The van der Waals surface area contributed by atoms with Crippen molar-refractivity contribution in [3.05, 3.63) is 90.4 Å². The van der Waals surface area contributed by atoms with Gasteiger partial charge in [0.2, 0.25) is 5.88 Å². The van der Waals surface area contributed by atoms with Crippen molar-refractivity contribution >= 4 is 0 Å². The van der Waals surface area contributed by atoms with Gasteiger partial charge in [-0.15, -0.1) is 0 Å². The summed E-state index contributed by atoms with van der Waals surface area (Å²) in [6.07, 6.45) is 5.04. The van der Waals surface area contributed by atoms with Gasteiger partial charge in [-0.2, -0.15) is 13.2 Å². The Morgan fingerprint density at radius 1 is 0.839 bits per heavy atom. The third-order valence-corrected chi connectivity index (χ3v) is 4.37. The highest BCUT2D eigenvalue weighted by atomic mass is 19.4. The minimum Gasteiger partial charge on any atom is -0.437 e. The minimum absolute atomic E-state index is 0.204. The second-order valence-corrected chi connectivity index (χ2v) is 6.62. The minimum atomic E-state index is -4.47. The van der Waals surface area contributed by atoms with Crippen LogP contribution in [0.5, 0.6) is 11.6 Å². The molecule has 1 aromatic carbocycles. The molecule has 0 radical (unpaired) electrons. The first-order valence-corrected chi connectivity index (χ1v) is 9.35. The molecule has 0 aliphatic heterocycles. The number of rotatable bonds is 6. The van der Waals surface area contributed by atoms with Crippen molar-refractivity contribution < 1.29 is 17.9 Å². The first kappa shape index (κ1) is 20.4. The van der Waals surface area contributed by atoms with E-state index in [4.69, 9.17) is 4.74 Å². The zero-order chi connectivity index (χ0) is 21.7. The lowest BCUT2D eigenvalue weighted by Gasteiger charge is -2.09. The van der Waals surface area contributed by atoms with Crippen LogP contribution in [0.2, 0.25) is 0 Å². The number of halogens is 3. The van der Waals surface area contributed by atoms with Gasteiger partial charge in [0.15, 0.2) is 5.82 Å². The van der Waals surface area contributed by atoms with E-state index in [9.17, 15) is 13.2 Å². The van der Waals surface area contributed by atoms with Crippen molar-refractivity contribution in [2.75, 3.05) is 0 Å². The first-order valence-electron chi connectivity index (χ1n) is 9.35. The molecule has 4 rings (SSSR count). The quantitative estimate of drug-likeness (QED) is 0.438. The summed E-state index contributed by atoms with van der Waals surface area (Å²) in [4.78, 5) is 20.2. The van der Waals surface area contributed by atoms with E-state index in [1.807, 2.05) is 24.3 Å². The van der Waals surface area contributed by atoms with E-state index >= 15 is 0 Å². The number of hydrogen-bond donors (Lipinski definition) is 0. The molecular formula is C22H16F3N5O. The Balaban J connectivity index is 1.46. The number of aromatic nitrogens is 5. The summed E-state index contributed by atoms with van der Waals surface area (Å²) in [5.74, 6) is 1.24. The van der Waals surface area contributed by atoms with E-state index in [0.29, 0.717) is 30.2 Å². The van der Waals surface area contributed by atoms with Gasteiger partial charge in [-0.25, -0.2) is 15.0 Å². The van der Waals surface area contributed by atoms with Gasteiger partial charge in [-0.05, 0) is 42.7 Å². The summed E-state index contributed by atoms with van der Waals surface area (Å²) >= 11 is 0. The zero-order valence-corrected chi connectivity index (χ0v) is 16.1. The molecule has 0 N–H and O–H groups in total. The smallest absolute Gasteiger partial charge is 0.417 e. The number of aryl methyl sites for hydroxylation is 2. The third kappa shape index (κ3) is 5.39. The summed E-state index contributed by atoms with van der Waals surface area (Å²) in [7, 11) is 0. The third-order valence-electron chi connectivity index (χ3n) is 4.37. The van der Waals surface area contributed by atoms with Crippen LogP contribution in [0, 0.1) is 0 Å². The van der Waals surface area contributed by atoms with Crippen LogP contribution < -0.4 is 4.74 Å². The normalized spacial score (nSPS) is 11.3. The summed E-state index contributed by atoms with van der Waals surface area (Å²) in [6, 6.07) is 10.3. The van der Waals surface area contributed by atoms with Crippen LogP contribution in [-0.4, -0.2) is 24.9 Å². The first-order chi connectivity index (χ1) is 15.0. The lowest BCUT2D eigenvalue weighted by Crippen LogP contribution is -2.06. The maximum atomic E-state index is 12.9. The molecule has 0 saturated heterocycles. The number of nitrogens with zero attached hydrogens (tertiary/aromatic N) is 5. The average molecular weight is 423 g/mol. The molecule has 0 aliphatic carbocycles. The SMILES string of the molecule is FC(F)(F)c1cncc(-c2nccc(CCc3cccc(Oc4cnccn4)c3)n2)c1. The lowest BCUT2D eigenvalue weighted by molar-refractivity contribution is -0.137. The summed E-state index contributed by atoms with van der Waals surface area (Å²) in [5.41, 5.74) is 1.11. The number of alkyl halides is 3. The largest absolute Gasteiger partial charge is 0.437 e. The molecule has 4 aromatic rings. The number of ether oxygens (including phenoxy) is 1. The van der Waals surface area contributed by atoms with Crippen LogP contribution in [0.1, 0.15) is 16.8 Å². The van der Waals surface area contributed by atoms with Crippen LogP contribution in [0.4, 0.5) is 13.2 Å². The molecule has 0 bridgehead atoms. The van der Waals surface area contributed by atoms with E-state index in [1.54, 1.807) is 18.5 Å². The molecule has 31 heavy (non-hydrogen) atoms. The Labute approximate surface area is 175 Å². The van der Waals surface area contributed by atoms with Crippen molar-refractivity contribution in [3.8, 4) is 23.0 Å². The number of benzene rings is 1. The molecular weight excluding hydrogens is 407 g/mol. The van der Waals surface area contributed by atoms with Gasteiger partial charge in [-0.1, -0.05) is 12.1 Å². The van der Waals surface area contributed by atoms with Crippen molar-refractivity contribution in [3.63, 3.8) is 0 Å². The van der Waals surface area contributed by atoms with Gasteiger partial charge < -0.3 is 4.74 Å². The fourth-order valence-electron chi connectivity index (χ4n) is 2.89. The van der Waals surface area contributed by atoms with Crippen molar-refractivity contribution in [2.24, 2.45) is 0 Å². The second kappa shape index (κ2) is 8.86. The zero-order valence-electron chi connectivity index (χ0n) is 16.1. The van der Waals surface area contributed by atoms with Gasteiger partial charge in [0.05, 0.1) is 11.8 Å². The standard InChI is InChI=1S/C22H16F3N5O/c23-22(24,25)17-11-16(12-27-13-17)21-29-7-6-18(30-21)5-4-15-2-1-3-19(10-15)31-20-14-26-8-9-28-20/h1-3,6-14H,4-5H2.